The van der Waals surface area contributed by atoms with Crippen LogP contribution < -0.4 is 20.3 Å². The SMILES string of the molecule is Cc1cc(OC(C)C)ccc1N1C(=O)Nc2c(C(O)N[C@@H]3CCCN(C(=O)/C=C/CN(C)C)C3)sc3nccc1c23. The van der Waals surface area contributed by atoms with E-state index in [2.05, 4.69) is 15.6 Å². The number of hydrogen-bond acceptors (Lipinski definition) is 8. The molecule has 1 fully saturated rings. The zero-order valence-corrected chi connectivity index (χ0v) is 25.0. The third-order valence-corrected chi connectivity index (χ3v) is 8.31. The third-order valence-electron chi connectivity index (χ3n) is 7.16. The first-order chi connectivity index (χ1) is 19.6. The Balaban J connectivity index is 1.37. The van der Waals surface area contributed by atoms with E-state index in [1.807, 2.05) is 75.0 Å². The summed E-state index contributed by atoms with van der Waals surface area (Å²) in [4.78, 5) is 37.5. The fourth-order valence-electron chi connectivity index (χ4n) is 5.34. The van der Waals surface area contributed by atoms with Gasteiger partial charge in [-0.3, -0.25) is 15.0 Å². The van der Waals surface area contributed by atoms with Crippen molar-refractivity contribution in [1.29, 1.82) is 0 Å². The Hall–Kier alpha value is -3.51. The number of aromatic nitrogens is 1. The molecule has 3 N–H and O–H groups in total. The minimum absolute atomic E-state index is 0.0231. The zero-order valence-electron chi connectivity index (χ0n) is 24.2. The summed E-state index contributed by atoms with van der Waals surface area (Å²) < 4.78 is 5.83. The minimum Gasteiger partial charge on any atom is -0.491 e. The number of carbonyl (C=O) groups excluding carboxylic acids is 2. The average Bonchev–Trinajstić information content (AvgIpc) is 3.29. The van der Waals surface area contributed by atoms with Gasteiger partial charge < -0.3 is 25.0 Å². The maximum Gasteiger partial charge on any atom is 0.331 e. The number of piperidine rings is 1. The lowest BCUT2D eigenvalue weighted by Crippen LogP contribution is -2.48. The molecule has 10 nitrogen and oxygen atoms in total. The number of thiophene rings is 1. The van der Waals surface area contributed by atoms with Crippen LogP contribution in [-0.4, -0.2) is 77.7 Å². The predicted molar refractivity (Wildman–Crippen MR) is 163 cm³/mol. The normalized spacial score (nSPS) is 18.0. The first kappa shape index (κ1) is 29.0. The number of amides is 3. The molecule has 0 saturated carbocycles. The Morgan fingerprint density at radius 3 is 2.85 bits per heavy atom. The zero-order chi connectivity index (χ0) is 29.3. The molecule has 0 radical (unpaired) electrons. The summed E-state index contributed by atoms with van der Waals surface area (Å²) in [5, 5.41) is 18.4. The minimum atomic E-state index is -1.03. The van der Waals surface area contributed by atoms with Gasteiger partial charge in [-0.25, -0.2) is 9.78 Å². The Labute approximate surface area is 244 Å². The number of likely N-dealkylation sites (tertiary alicyclic amines) is 1. The maximum atomic E-state index is 13.5. The van der Waals surface area contributed by atoms with Crippen molar-refractivity contribution >= 4 is 50.6 Å². The number of aliphatic hydroxyl groups is 1. The summed E-state index contributed by atoms with van der Waals surface area (Å²) in [5.74, 6) is 0.726. The summed E-state index contributed by atoms with van der Waals surface area (Å²) in [7, 11) is 3.91. The van der Waals surface area contributed by atoms with E-state index in [1.54, 1.807) is 17.2 Å². The summed E-state index contributed by atoms with van der Waals surface area (Å²) in [6.07, 6.45) is 5.87. The van der Waals surface area contributed by atoms with Crippen molar-refractivity contribution in [1.82, 2.24) is 20.1 Å². The van der Waals surface area contributed by atoms with Gasteiger partial charge in [0.2, 0.25) is 5.91 Å². The molecular formula is C30H38N6O4S. The standard InChI is InChI=1S/C30H38N6O4S/c1-18(2)40-21-10-11-22(19(3)16-21)36-23-12-13-31-29-25(23)26(33-30(36)39)27(41-29)28(38)32-20-8-6-15-35(17-20)24(37)9-7-14-34(4)5/h7,9-13,16,18,20,28,32,38H,6,8,14-15,17H2,1-5H3,(H,33,39)/b9-7+/t20-,28?/m1/s1. The molecule has 3 aromatic rings. The Bertz CT molecular complexity index is 1470. The number of aliphatic hydroxyl groups excluding tert-OH is 1. The molecule has 2 atom stereocenters. The molecule has 0 aliphatic carbocycles. The van der Waals surface area contributed by atoms with Crippen LogP contribution in [0.5, 0.6) is 5.75 Å². The number of hydrogen-bond donors (Lipinski definition) is 3. The molecule has 3 amide bonds. The molecule has 2 aliphatic rings. The Kier molecular flexibility index (Phi) is 8.60. The van der Waals surface area contributed by atoms with Crippen molar-refractivity contribution in [2.24, 2.45) is 0 Å². The lowest BCUT2D eigenvalue weighted by molar-refractivity contribution is -0.127. The number of urea groups is 1. The Morgan fingerprint density at radius 2 is 2.12 bits per heavy atom. The molecule has 0 spiro atoms. The van der Waals surface area contributed by atoms with Gasteiger partial charge in [0.1, 0.15) is 16.8 Å². The smallest absolute Gasteiger partial charge is 0.331 e. The van der Waals surface area contributed by atoms with Crippen LogP contribution in [0.25, 0.3) is 10.2 Å². The second-order valence-corrected chi connectivity index (χ2v) is 12.1. The van der Waals surface area contributed by atoms with Crippen molar-refractivity contribution in [3.05, 3.63) is 53.1 Å². The second-order valence-electron chi connectivity index (χ2n) is 11.1. The van der Waals surface area contributed by atoms with E-state index in [9.17, 15) is 14.7 Å². The van der Waals surface area contributed by atoms with Crippen molar-refractivity contribution in [3.8, 4) is 5.75 Å². The van der Waals surface area contributed by atoms with Crippen LogP contribution in [0.2, 0.25) is 0 Å². The van der Waals surface area contributed by atoms with Gasteiger partial charge in [0.15, 0.2) is 0 Å². The molecule has 1 saturated heterocycles. The number of rotatable bonds is 9. The number of carbonyl (C=O) groups is 2. The highest BCUT2D eigenvalue weighted by Gasteiger charge is 2.34. The van der Waals surface area contributed by atoms with Crippen LogP contribution in [0.15, 0.2) is 42.6 Å². The highest BCUT2D eigenvalue weighted by molar-refractivity contribution is 7.19. The molecule has 11 heteroatoms. The van der Waals surface area contributed by atoms with Gasteiger partial charge in [-0.2, -0.15) is 0 Å². The van der Waals surface area contributed by atoms with E-state index in [0.29, 0.717) is 35.9 Å². The monoisotopic (exact) mass is 578 g/mol. The quantitative estimate of drug-likeness (QED) is 0.248. The third kappa shape index (κ3) is 6.23. The molecular weight excluding hydrogens is 540 g/mol. The van der Waals surface area contributed by atoms with Gasteiger partial charge >= 0.3 is 6.03 Å². The van der Waals surface area contributed by atoms with Crippen LogP contribution in [0.1, 0.15) is 43.4 Å². The number of ether oxygens (including phenoxy) is 1. The highest BCUT2D eigenvalue weighted by atomic mass is 32.1. The van der Waals surface area contributed by atoms with Crippen LogP contribution in [0.3, 0.4) is 0 Å². The number of benzene rings is 1. The molecule has 5 rings (SSSR count). The molecule has 0 bridgehead atoms. The predicted octanol–water partition coefficient (Wildman–Crippen LogP) is 4.76. The number of anilines is 3. The molecule has 4 heterocycles. The Morgan fingerprint density at radius 1 is 1.32 bits per heavy atom. The first-order valence-electron chi connectivity index (χ1n) is 14.0. The number of nitrogens with one attached hydrogen (secondary N) is 2. The number of likely N-dealkylation sites (N-methyl/N-ethyl adjacent to an activating group) is 1. The lowest BCUT2D eigenvalue weighted by Gasteiger charge is -2.34. The fourth-order valence-corrected chi connectivity index (χ4v) is 6.41. The van der Waals surface area contributed by atoms with Crippen LogP contribution in [0.4, 0.5) is 21.9 Å². The van der Waals surface area contributed by atoms with E-state index in [0.717, 1.165) is 40.1 Å². The number of pyridine rings is 1. The number of nitrogens with zero attached hydrogens (tertiary/aromatic N) is 4. The van der Waals surface area contributed by atoms with Crippen molar-refractivity contribution in [2.45, 2.75) is 52.0 Å². The highest BCUT2D eigenvalue weighted by Crippen LogP contribution is 2.48. The van der Waals surface area contributed by atoms with Crippen molar-refractivity contribution in [3.63, 3.8) is 0 Å². The largest absolute Gasteiger partial charge is 0.491 e. The first-order valence-corrected chi connectivity index (χ1v) is 14.8. The van der Waals surface area contributed by atoms with Crippen molar-refractivity contribution < 1.29 is 19.4 Å². The van der Waals surface area contributed by atoms with Crippen LogP contribution in [0, 0.1) is 6.92 Å². The lowest BCUT2D eigenvalue weighted by atomic mass is 10.0. The van der Waals surface area contributed by atoms with Gasteiger partial charge in [-0.1, -0.05) is 6.08 Å². The van der Waals surface area contributed by atoms with Gasteiger partial charge in [0, 0.05) is 37.9 Å². The van der Waals surface area contributed by atoms with Crippen LogP contribution >= 0.6 is 11.3 Å². The van der Waals surface area contributed by atoms with Crippen molar-refractivity contribution in [2.75, 3.05) is 43.9 Å². The van der Waals surface area contributed by atoms with Gasteiger partial charge in [0.05, 0.1) is 33.4 Å². The molecule has 1 aromatic carbocycles. The average molecular weight is 579 g/mol. The van der Waals surface area contributed by atoms with E-state index >= 15 is 0 Å². The number of aryl methyl sites for hydroxylation is 1. The molecule has 2 aromatic heterocycles. The summed E-state index contributed by atoms with van der Waals surface area (Å²) in [5.41, 5.74) is 2.93. The van der Waals surface area contributed by atoms with Gasteiger partial charge in [0.25, 0.3) is 0 Å². The van der Waals surface area contributed by atoms with Gasteiger partial charge in [-0.05, 0) is 77.5 Å². The fraction of sp³-hybridized carbons (Fsp3) is 0.433. The van der Waals surface area contributed by atoms with E-state index in [4.69, 9.17) is 4.74 Å². The van der Waals surface area contributed by atoms with E-state index < -0.39 is 6.23 Å². The van der Waals surface area contributed by atoms with E-state index in [-0.39, 0.29) is 24.1 Å². The second kappa shape index (κ2) is 12.2. The summed E-state index contributed by atoms with van der Waals surface area (Å²) >= 11 is 1.35. The topological polar surface area (TPSA) is 110 Å². The van der Waals surface area contributed by atoms with E-state index in [1.165, 1.54) is 11.3 Å². The molecule has 2 aliphatic heterocycles. The molecule has 41 heavy (non-hydrogen) atoms. The van der Waals surface area contributed by atoms with Crippen LogP contribution in [-0.2, 0) is 4.79 Å². The summed E-state index contributed by atoms with van der Waals surface area (Å²) in [6.45, 7) is 7.79. The summed E-state index contributed by atoms with van der Waals surface area (Å²) in [6, 6.07) is 7.12. The van der Waals surface area contributed by atoms with Gasteiger partial charge in [-0.15, -0.1) is 11.3 Å². The molecule has 1 unspecified atom stereocenters. The maximum absolute atomic E-state index is 13.5. The molecule has 218 valence electrons.